The van der Waals surface area contributed by atoms with Gasteiger partial charge in [-0.05, 0) is 32.7 Å². The van der Waals surface area contributed by atoms with Crippen LogP contribution in [0.1, 0.15) is 56.4 Å². The Labute approximate surface area is 174 Å². The van der Waals surface area contributed by atoms with Gasteiger partial charge in [0.2, 0.25) is 0 Å². The van der Waals surface area contributed by atoms with Crippen molar-refractivity contribution in [2.45, 2.75) is 56.4 Å². The maximum Gasteiger partial charge on any atom is -0.00990 e. The van der Waals surface area contributed by atoms with Gasteiger partial charge >= 0.3 is 0 Å². The first-order valence-corrected chi connectivity index (χ1v) is 9.89. The van der Waals surface area contributed by atoms with Crippen molar-refractivity contribution in [2.24, 2.45) is 0 Å². The molecule has 0 nitrogen and oxygen atoms in total. The molecule has 0 saturated heterocycles. The Bertz CT molecular complexity index is 889. The van der Waals surface area contributed by atoms with Crippen LogP contribution in [-0.2, 0) is 0 Å². The molecule has 0 spiro atoms. The quantitative estimate of drug-likeness (QED) is 0.290. The summed E-state index contributed by atoms with van der Waals surface area (Å²) in [5.41, 5.74) is 2.57. The average Bonchev–Trinajstić information content (AvgIpc) is 2.78. The van der Waals surface area contributed by atoms with E-state index in [4.69, 9.17) is 0 Å². The number of hydrogen-bond donors (Lipinski definition) is 0. The molecule has 28 heavy (non-hydrogen) atoms. The lowest BCUT2D eigenvalue weighted by Gasteiger charge is -2.09. The van der Waals surface area contributed by atoms with E-state index in [1.54, 1.807) is 0 Å². The van der Waals surface area contributed by atoms with Gasteiger partial charge in [0.25, 0.3) is 0 Å². The van der Waals surface area contributed by atoms with E-state index < -0.39 is 0 Å². The van der Waals surface area contributed by atoms with E-state index >= 15 is 0 Å². The normalized spacial score (nSPS) is 8.50. The van der Waals surface area contributed by atoms with Crippen molar-refractivity contribution in [3.05, 3.63) is 84.9 Å². The zero-order valence-electron chi connectivity index (χ0n) is 17.1. The highest BCUT2D eigenvalue weighted by molar-refractivity contribution is 6.11. The van der Waals surface area contributed by atoms with Crippen molar-refractivity contribution >= 4 is 21.5 Å². The largest absolute Gasteiger partial charge is 0.0776 e. The molecule has 0 unspecified atom stereocenters. The summed E-state index contributed by atoms with van der Waals surface area (Å²) in [6, 6.07) is 30.2. The molecular weight excluding hydrogens is 336 g/mol. The molecule has 0 fully saturated rings. The van der Waals surface area contributed by atoms with E-state index in [1.165, 1.54) is 32.7 Å². The lowest BCUT2D eigenvalue weighted by atomic mass is 9.95. The summed E-state index contributed by atoms with van der Waals surface area (Å²) < 4.78 is 0. The van der Waals surface area contributed by atoms with E-state index in [0.29, 0.717) is 0 Å². The Morgan fingerprint density at radius 1 is 0.393 bits per heavy atom. The van der Waals surface area contributed by atoms with Crippen LogP contribution in [0.5, 0.6) is 0 Å². The highest BCUT2D eigenvalue weighted by Crippen LogP contribution is 2.32. The minimum Gasteiger partial charge on any atom is -0.0776 e. The van der Waals surface area contributed by atoms with E-state index in [9.17, 15) is 0 Å². The third-order valence-electron chi connectivity index (χ3n) is 3.87. The highest BCUT2D eigenvalue weighted by Gasteiger charge is 2.05. The van der Waals surface area contributed by atoms with Gasteiger partial charge in [-0.1, -0.05) is 141 Å². The molecule has 152 valence electrons. The van der Waals surface area contributed by atoms with Crippen LogP contribution in [0.15, 0.2) is 84.9 Å². The lowest BCUT2D eigenvalue weighted by molar-refractivity contribution is 1.50. The maximum atomic E-state index is 2.24. The molecule has 0 heteroatoms. The summed E-state index contributed by atoms with van der Waals surface area (Å²) >= 11 is 0. The molecule has 0 N–H and O–H groups in total. The molecule has 0 saturated carbocycles. The van der Waals surface area contributed by atoms with Crippen LogP contribution in [0.3, 0.4) is 0 Å². The van der Waals surface area contributed by atoms with Gasteiger partial charge in [0.05, 0.1) is 0 Å². The summed E-state index contributed by atoms with van der Waals surface area (Å²) in [6.45, 7) is 12.0. The molecule has 4 rings (SSSR count). The molecule has 0 aliphatic rings. The molecule has 0 aliphatic carbocycles. The maximum absolute atomic E-state index is 2.24. The van der Waals surface area contributed by atoms with Crippen LogP contribution >= 0.6 is 0 Å². The van der Waals surface area contributed by atoms with Gasteiger partial charge in [-0.15, -0.1) is 0 Å². The minimum absolute atomic E-state index is 0. The van der Waals surface area contributed by atoms with Crippen molar-refractivity contribution in [3.63, 3.8) is 0 Å². The monoisotopic (exact) mass is 376 g/mol. The highest BCUT2D eigenvalue weighted by atomic mass is 14.1. The predicted molar refractivity (Wildman–Crippen MR) is 134 cm³/mol. The van der Waals surface area contributed by atoms with Gasteiger partial charge in [-0.3, -0.25) is 0 Å². The Balaban J connectivity index is 0. The van der Waals surface area contributed by atoms with E-state index in [-0.39, 0.29) is 14.9 Å². The summed E-state index contributed by atoms with van der Waals surface area (Å²) in [7, 11) is 0. The lowest BCUT2D eigenvalue weighted by Crippen LogP contribution is -1.82. The Hall–Kier alpha value is -2.60. The van der Waals surface area contributed by atoms with Crippen LogP contribution in [-0.4, -0.2) is 0 Å². The second kappa shape index (κ2) is 15.5. The van der Waals surface area contributed by atoms with Gasteiger partial charge in [0, 0.05) is 0 Å². The molecule has 4 aromatic carbocycles. The number of hydrogen-bond acceptors (Lipinski definition) is 0. The zero-order valence-corrected chi connectivity index (χ0v) is 17.1. The van der Waals surface area contributed by atoms with Crippen LogP contribution in [0.2, 0.25) is 0 Å². The summed E-state index contributed by atoms with van der Waals surface area (Å²) in [5.74, 6) is 0. The summed E-state index contributed by atoms with van der Waals surface area (Å²) in [6.07, 6.45) is 0. The van der Waals surface area contributed by atoms with Crippen LogP contribution in [0.25, 0.3) is 32.7 Å². The van der Waals surface area contributed by atoms with Crippen molar-refractivity contribution < 1.29 is 0 Å². The van der Waals surface area contributed by atoms with Gasteiger partial charge in [-0.2, -0.15) is 0 Å². The van der Waals surface area contributed by atoms with Gasteiger partial charge < -0.3 is 0 Å². The van der Waals surface area contributed by atoms with E-state index in [2.05, 4.69) is 84.9 Å². The first-order valence-electron chi connectivity index (χ1n) is 9.89. The Kier molecular flexibility index (Phi) is 15.2. The van der Waals surface area contributed by atoms with Crippen molar-refractivity contribution in [1.82, 2.24) is 0 Å². The third-order valence-corrected chi connectivity index (χ3v) is 3.87. The molecule has 0 amide bonds. The van der Waals surface area contributed by atoms with Crippen molar-refractivity contribution in [2.75, 3.05) is 0 Å². The van der Waals surface area contributed by atoms with Crippen LogP contribution < -0.4 is 0 Å². The van der Waals surface area contributed by atoms with Crippen molar-refractivity contribution in [3.8, 4) is 11.1 Å². The smallest absolute Gasteiger partial charge is 0.00990 e. The second-order valence-electron chi connectivity index (χ2n) is 5.05. The molecular formula is C28H40. The van der Waals surface area contributed by atoms with Gasteiger partial charge in [-0.25, -0.2) is 0 Å². The topological polar surface area (TPSA) is 0 Å². The van der Waals surface area contributed by atoms with E-state index in [0.717, 1.165) is 0 Å². The standard InChI is InChI=1S/C20H14.3C2H6.2CH4/c1-2-7-15(8-3-1)18-11-6-12-19-17-10-5-4-9-16(17)13-14-20(18)19;3*1-2;;/h1-14H;3*1-2H3;2*1H4. The number of rotatable bonds is 1. The third kappa shape index (κ3) is 6.23. The fraction of sp³-hybridized carbons (Fsp3) is 0.286. The SMILES string of the molecule is C.C.CC.CC.CC.c1ccc(-c2cccc3c2ccc2ccccc23)cc1. The van der Waals surface area contributed by atoms with Gasteiger partial charge in [0.1, 0.15) is 0 Å². The molecule has 0 radical (unpaired) electrons. The number of fused-ring (bicyclic) bond motifs is 3. The minimum atomic E-state index is 0. The first kappa shape index (κ1) is 27.6. The van der Waals surface area contributed by atoms with E-state index in [1.807, 2.05) is 41.5 Å². The fourth-order valence-electron chi connectivity index (χ4n) is 2.91. The molecule has 0 atom stereocenters. The molecule has 0 aliphatic heterocycles. The van der Waals surface area contributed by atoms with Crippen LogP contribution in [0.4, 0.5) is 0 Å². The summed E-state index contributed by atoms with van der Waals surface area (Å²) in [5, 5.41) is 5.26. The molecule has 0 bridgehead atoms. The zero-order chi connectivity index (χ0) is 19.4. The second-order valence-corrected chi connectivity index (χ2v) is 5.05. The number of benzene rings is 4. The average molecular weight is 377 g/mol. The van der Waals surface area contributed by atoms with Crippen LogP contribution in [0, 0.1) is 0 Å². The fourth-order valence-corrected chi connectivity index (χ4v) is 2.91. The molecule has 4 aromatic rings. The predicted octanol–water partition coefficient (Wildman–Crippen LogP) is 10.0. The molecule has 0 aromatic heterocycles. The Morgan fingerprint density at radius 2 is 0.929 bits per heavy atom. The first-order chi connectivity index (χ1) is 12.9. The Morgan fingerprint density at radius 3 is 1.57 bits per heavy atom. The summed E-state index contributed by atoms with van der Waals surface area (Å²) in [4.78, 5) is 0. The molecule has 0 heterocycles. The van der Waals surface area contributed by atoms with Crippen molar-refractivity contribution in [1.29, 1.82) is 0 Å². The van der Waals surface area contributed by atoms with Gasteiger partial charge in [0.15, 0.2) is 0 Å².